The van der Waals surface area contributed by atoms with Crippen molar-refractivity contribution in [1.82, 2.24) is 4.90 Å². The first-order valence-electron chi connectivity index (χ1n) is 5.53. The normalized spacial score (nSPS) is 25.8. The molecule has 2 aliphatic heterocycles. The summed E-state index contributed by atoms with van der Waals surface area (Å²) in [6.07, 6.45) is 7.75. The van der Waals surface area contributed by atoms with Crippen LogP contribution in [0.15, 0.2) is 29.0 Å². The summed E-state index contributed by atoms with van der Waals surface area (Å²) in [6.45, 7) is 1.46. The fourth-order valence-corrected chi connectivity index (χ4v) is 2.01. The number of hydrogen-bond acceptors (Lipinski definition) is 5. The minimum atomic E-state index is -0.390. The molecule has 2 aliphatic rings. The van der Waals surface area contributed by atoms with Gasteiger partial charge in [-0.25, -0.2) is 4.79 Å². The van der Waals surface area contributed by atoms with E-state index in [-0.39, 0.29) is 12.0 Å². The molecule has 92 valence electrons. The fourth-order valence-electron chi connectivity index (χ4n) is 2.01. The lowest BCUT2D eigenvalue weighted by molar-refractivity contribution is -0.136. The van der Waals surface area contributed by atoms with E-state index < -0.39 is 5.97 Å². The van der Waals surface area contributed by atoms with Gasteiger partial charge in [-0.15, -0.1) is 0 Å². The molecule has 0 bridgehead atoms. The van der Waals surface area contributed by atoms with Gasteiger partial charge < -0.3 is 14.4 Å². The van der Waals surface area contributed by atoms with Gasteiger partial charge in [-0.2, -0.15) is 0 Å². The van der Waals surface area contributed by atoms with Crippen LogP contribution in [-0.2, 0) is 14.3 Å². The molecule has 0 aliphatic carbocycles. The average molecular weight is 236 g/mol. The highest BCUT2D eigenvalue weighted by atomic mass is 16.5. The van der Waals surface area contributed by atoms with Gasteiger partial charge in [0.05, 0.1) is 19.8 Å². The smallest absolute Gasteiger partial charge is 0.356 e. The molecule has 2 heterocycles. The van der Waals surface area contributed by atoms with E-state index >= 15 is 0 Å². The van der Waals surface area contributed by atoms with Crippen LogP contribution in [0.3, 0.4) is 0 Å². The number of aliphatic imine (C=N–C) groups is 1. The molecule has 0 N–H and O–H groups in total. The number of nitrogens with zero attached hydrogens (tertiary/aromatic N) is 2. The standard InChI is InChI=1S/C12H16N2O3/c1-16-6-5-14-4-3-9-8-13-10(7-11(9)14)12(15)17-2/h3-4,7-9,11H,5-6H2,1-2H3. The minimum Gasteiger partial charge on any atom is -0.464 e. The first-order valence-corrected chi connectivity index (χ1v) is 5.53. The number of esters is 1. The molecule has 0 aromatic heterocycles. The third-order valence-electron chi connectivity index (χ3n) is 2.94. The molecule has 0 fully saturated rings. The summed E-state index contributed by atoms with van der Waals surface area (Å²) >= 11 is 0. The van der Waals surface area contributed by atoms with E-state index in [1.54, 1.807) is 13.3 Å². The Bertz CT molecular complexity index is 387. The van der Waals surface area contributed by atoms with Crippen LogP contribution in [0.5, 0.6) is 0 Å². The van der Waals surface area contributed by atoms with Crippen LogP contribution in [0.25, 0.3) is 0 Å². The molecule has 0 radical (unpaired) electrons. The van der Waals surface area contributed by atoms with Crippen molar-refractivity contribution < 1.29 is 14.3 Å². The number of hydrogen-bond donors (Lipinski definition) is 0. The highest BCUT2D eigenvalue weighted by Crippen LogP contribution is 2.26. The molecule has 0 saturated carbocycles. The molecule has 2 unspecified atom stereocenters. The van der Waals surface area contributed by atoms with Crippen molar-refractivity contribution in [3.8, 4) is 0 Å². The average Bonchev–Trinajstić information content (AvgIpc) is 2.77. The Labute approximate surface area is 100 Å². The summed E-state index contributed by atoms with van der Waals surface area (Å²) < 4.78 is 9.73. The molecule has 5 nitrogen and oxygen atoms in total. The van der Waals surface area contributed by atoms with E-state index in [1.165, 1.54) is 7.11 Å². The lowest BCUT2D eigenvalue weighted by Gasteiger charge is -2.27. The third kappa shape index (κ3) is 2.39. The van der Waals surface area contributed by atoms with Gasteiger partial charge in [-0.1, -0.05) is 6.08 Å². The number of ether oxygens (including phenoxy) is 2. The Morgan fingerprint density at radius 1 is 1.53 bits per heavy atom. The molecular formula is C12H16N2O3. The van der Waals surface area contributed by atoms with Crippen LogP contribution in [0.4, 0.5) is 0 Å². The zero-order chi connectivity index (χ0) is 12.3. The van der Waals surface area contributed by atoms with Gasteiger partial charge in [0.15, 0.2) is 0 Å². The van der Waals surface area contributed by atoms with Gasteiger partial charge >= 0.3 is 5.97 Å². The molecule has 0 amide bonds. The van der Waals surface area contributed by atoms with E-state index in [0.29, 0.717) is 12.3 Å². The SMILES string of the molecule is COCCN1C=CC2C=NC(C(=O)OC)=CC21. The highest BCUT2D eigenvalue weighted by Gasteiger charge is 2.30. The third-order valence-corrected chi connectivity index (χ3v) is 2.94. The molecular weight excluding hydrogens is 220 g/mol. The number of carbonyl (C=O) groups is 1. The molecule has 0 saturated heterocycles. The van der Waals surface area contributed by atoms with Gasteiger partial charge in [-0.05, 0) is 12.3 Å². The Hall–Kier alpha value is -1.62. The molecule has 2 rings (SSSR count). The quantitative estimate of drug-likeness (QED) is 0.670. The molecule has 0 aromatic rings. The molecule has 0 spiro atoms. The Balaban J connectivity index is 2.08. The first kappa shape index (κ1) is 11.9. The summed E-state index contributed by atoms with van der Waals surface area (Å²) in [4.78, 5) is 17.7. The van der Waals surface area contributed by atoms with Gasteiger partial charge in [-0.3, -0.25) is 4.99 Å². The highest BCUT2D eigenvalue weighted by molar-refractivity contribution is 5.91. The second-order valence-corrected chi connectivity index (χ2v) is 3.96. The van der Waals surface area contributed by atoms with Crippen LogP contribution >= 0.6 is 0 Å². The van der Waals surface area contributed by atoms with Crippen molar-refractivity contribution in [3.05, 3.63) is 24.0 Å². The fraction of sp³-hybridized carbons (Fsp3) is 0.500. The first-order chi connectivity index (χ1) is 8.26. The van der Waals surface area contributed by atoms with Crippen LogP contribution in [0, 0.1) is 5.92 Å². The van der Waals surface area contributed by atoms with Gasteiger partial charge in [0.1, 0.15) is 5.70 Å². The maximum absolute atomic E-state index is 11.4. The number of rotatable bonds is 4. The number of fused-ring (bicyclic) bond motifs is 1. The van der Waals surface area contributed by atoms with Crippen LogP contribution in [0.2, 0.25) is 0 Å². The summed E-state index contributed by atoms with van der Waals surface area (Å²) in [7, 11) is 3.04. The maximum Gasteiger partial charge on any atom is 0.356 e. The molecule has 17 heavy (non-hydrogen) atoms. The van der Waals surface area contributed by atoms with E-state index in [2.05, 4.69) is 20.7 Å². The lowest BCUT2D eigenvalue weighted by atomic mass is 9.99. The van der Waals surface area contributed by atoms with Crippen LogP contribution in [-0.4, -0.2) is 50.5 Å². The summed E-state index contributed by atoms with van der Waals surface area (Å²) in [5.74, 6) is -0.154. The molecule has 5 heteroatoms. The second kappa shape index (κ2) is 5.14. The minimum absolute atomic E-state index is 0.150. The largest absolute Gasteiger partial charge is 0.464 e. The molecule has 2 atom stereocenters. The summed E-state index contributed by atoms with van der Waals surface area (Å²) in [6, 6.07) is 0.150. The Morgan fingerprint density at radius 3 is 3.06 bits per heavy atom. The van der Waals surface area contributed by atoms with Gasteiger partial charge in [0, 0.05) is 25.8 Å². The van der Waals surface area contributed by atoms with E-state index in [0.717, 1.165) is 6.54 Å². The van der Waals surface area contributed by atoms with Crippen molar-refractivity contribution in [1.29, 1.82) is 0 Å². The van der Waals surface area contributed by atoms with Crippen molar-refractivity contribution in [3.63, 3.8) is 0 Å². The number of methoxy groups -OCH3 is 2. The van der Waals surface area contributed by atoms with Crippen molar-refractivity contribution in [2.24, 2.45) is 10.9 Å². The predicted octanol–water partition coefficient (Wildman–Crippen LogP) is 0.588. The van der Waals surface area contributed by atoms with Crippen molar-refractivity contribution in [2.45, 2.75) is 6.04 Å². The lowest BCUT2D eigenvalue weighted by Crippen LogP contribution is -2.35. The zero-order valence-corrected chi connectivity index (χ0v) is 10.00. The van der Waals surface area contributed by atoms with Crippen molar-refractivity contribution >= 4 is 12.2 Å². The van der Waals surface area contributed by atoms with Crippen molar-refractivity contribution in [2.75, 3.05) is 27.4 Å². The van der Waals surface area contributed by atoms with E-state index in [1.807, 2.05) is 12.3 Å². The van der Waals surface area contributed by atoms with E-state index in [4.69, 9.17) is 4.74 Å². The number of carbonyl (C=O) groups excluding carboxylic acids is 1. The van der Waals surface area contributed by atoms with E-state index in [9.17, 15) is 4.79 Å². The Morgan fingerprint density at radius 2 is 2.35 bits per heavy atom. The topological polar surface area (TPSA) is 51.1 Å². The summed E-state index contributed by atoms with van der Waals surface area (Å²) in [5.41, 5.74) is 0.375. The van der Waals surface area contributed by atoms with Crippen LogP contribution in [0.1, 0.15) is 0 Å². The second-order valence-electron chi connectivity index (χ2n) is 3.96. The monoisotopic (exact) mass is 236 g/mol. The predicted molar refractivity (Wildman–Crippen MR) is 63.6 cm³/mol. The van der Waals surface area contributed by atoms with Gasteiger partial charge in [0.2, 0.25) is 0 Å². The van der Waals surface area contributed by atoms with Crippen LogP contribution < -0.4 is 0 Å². The Kier molecular flexibility index (Phi) is 3.58. The zero-order valence-electron chi connectivity index (χ0n) is 10.00. The van der Waals surface area contributed by atoms with Gasteiger partial charge in [0.25, 0.3) is 0 Å². The maximum atomic E-state index is 11.4. The molecule has 0 aromatic carbocycles. The summed E-state index contributed by atoms with van der Waals surface area (Å²) in [5, 5.41) is 0.